The van der Waals surface area contributed by atoms with Gasteiger partial charge in [-0.05, 0) is 168 Å². The topological polar surface area (TPSA) is 16.1 Å². The van der Waals surface area contributed by atoms with Crippen molar-refractivity contribution in [3.63, 3.8) is 0 Å². The van der Waals surface area contributed by atoms with Gasteiger partial charge in [-0.1, -0.05) is 182 Å². The molecule has 0 saturated carbocycles. The van der Waals surface area contributed by atoms with Crippen LogP contribution in [0.2, 0.25) is 0 Å². The summed E-state index contributed by atoms with van der Waals surface area (Å²) >= 11 is 0. The number of pyridine rings is 1. The van der Waals surface area contributed by atoms with Gasteiger partial charge in [0.25, 0.3) is 0 Å². The molecule has 2 nitrogen and oxygen atoms in total. The van der Waals surface area contributed by atoms with Gasteiger partial charge in [-0.2, -0.15) is 0 Å². The summed E-state index contributed by atoms with van der Waals surface area (Å²) in [7, 11) is 0. The van der Waals surface area contributed by atoms with Crippen LogP contribution in [-0.4, -0.2) is 4.98 Å². The summed E-state index contributed by atoms with van der Waals surface area (Å²) in [4.78, 5) is 6.87. The van der Waals surface area contributed by atoms with Gasteiger partial charge in [0, 0.05) is 17.6 Å². The fraction of sp³-hybridized carbons (Fsp3) is 0. The summed E-state index contributed by atoms with van der Waals surface area (Å²) in [5, 5.41) is 15.7. The van der Waals surface area contributed by atoms with Crippen molar-refractivity contribution >= 4 is 81.7 Å². The average molecular weight is 847 g/mol. The molecule has 1 heterocycles. The molecule has 0 radical (unpaired) electrons. The maximum Gasteiger partial charge on any atom is 0.0644 e. The maximum absolute atomic E-state index is 4.57. The molecule has 0 bridgehead atoms. The lowest BCUT2D eigenvalue weighted by Gasteiger charge is -2.25. The summed E-state index contributed by atoms with van der Waals surface area (Å²) in [5.74, 6) is 0. The average Bonchev–Trinajstić information content (AvgIpc) is 3.93. The number of benzene rings is 12. The normalized spacial score (nSPS) is 12.2. The van der Waals surface area contributed by atoms with Crippen molar-refractivity contribution in [2.24, 2.45) is 0 Å². The molecule has 0 saturated heterocycles. The van der Waals surface area contributed by atoms with E-state index in [0.29, 0.717) is 0 Å². The Morgan fingerprint density at radius 1 is 0.239 bits per heavy atom. The highest BCUT2D eigenvalue weighted by Crippen LogP contribution is 2.57. The molecule has 15 rings (SSSR count). The fourth-order valence-corrected chi connectivity index (χ4v) is 12.1. The molecule has 2 heteroatoms. The van der Waals surface area contributed by atoms with Crippen LogP contribution in [0.1, 0.15) is 0 Å². The summed E-state index contributed by atoms with van der Waals surface area (Å²) in [6.45, 7) is 0. The summed E-state index contributed by atoms with van der Waals surface area (Å²) in [6, 6.07) is 81.0. The summed E-state index contributed by atoms with van der Waals surface area (Å²) < 4.78 is 0. The molecule has 2 aliphatic rings. The molecule has 0 spiro atoms. The lowest BCUT2D eigenvalue weighted by atomic mass is 9.90. The second kappa shape index (κ2) is 13.8. The Balaban J connectivity index is 0.818. The van der Waals surface area contributed by atoms with Crippen LogP contribution < -0.4 is 4.90 Å². The van der Waals surface area contributed by atoms with Gasteiger partial charge in [0.1, 0.15) is 0 Å². The lowest BCUT2D eigenvalue weighted by Crippen LogP contribution is -2.10. The molecular formula is C65H38N2. The number of hydrogen-bond acceptors (Lipinski definition) is 2. The fourth-order valence-electron chi connectivity index (χ4n) is 12.1. The molecule has 0 amide bonds. The SMILES string of the molecule is c1cncc(N(c2ccc(-c3ccc4c5c(cccc35)-c3c-4c4ccccc4c4ccccc34)cc2)c2ccc(-c3ccc4c5c(cccc35)-c3c-4c4ccccc4c4ccccc34)cc2)c1. The van der Waals surface area contributed by atoms with E-state index < -0.39 is 0 Å². The molecule has 308 valence electrons. The Labute approximate surface area is 387 Å². The first kappa shape index (κ1) is 36.5. The van der Waals surface area contributed by atoms with Gasteiger partial charge in [0.15, 0.2) is 0 Å². The molecule has 0 fully saturated rings. The highest BCUT2D eigenvalue weighted by molar-refractivity contribution is 6.32. The molecular weight excluding hydrogens is 809 g/mol. The zero-order chi connectivity index (χ0) is 43.7. The van der Waals surface area contributed by atoms with Crippen molar-refractivity contribution in [2.75, 3.05) is 4.90 Å². The van der Waals surface area contributed by atoms with Crippen molar-refractivity contribution in [1.82, 2.24) is 4.98 Å². The Bertz CT molecular complexity index is 3850. The third-order valence-electron chi connectivity index (χ3n) is 14.8. The number of aromatic nitrogens is 1. The minimum absolute atomic E-state index is 1.01. The molecule has 2 aliphatic carbocycles. The Hall–Kier alpha value is -8.85. The van der Waals surface area contributed by atoms with Gasteiger partial charge in [0.05, 0.1) is 11.9 Å². The number of fused-ring (bicyclic) bond motifs is 16. The van der Waals surface area contributed by atoms with E-state index in [1.165, 1.54) is 131 Å². The maximum atomic E-state index is 4.57. The predicted octanol–water partition coefficient (Wildman–Crippen LogP) is 18.1. The predicted molar refractivity (Wildman–Crippen MR) is 284 cm³/mol. The van der Waals surface area contributed by atoms with Gasteiger partial charge >= 0.3 is 0 Å². The second-order valence-corrected chi connectivity index (χ2v) is 18.1. The van der Waals surface area contributed by atoms with Gasteiger partial charge < -0.3 is 4.90 Å². The minimum Gasteiger partial charge on any atom is -0.309 e. The van der Waals surface area contributed by atoms with E-state index in [-0.39, 0.29) is 0 Å². The quantitative estimate of drug-likeness (QED) is 0.160. The van der Waals surface area contributed by atoms with E-state index in [1.807, 2.05) is 18.5 Å². The van der Waals surface area contributed by atoms with Crippen molar-refractivity contribution in [2.45, 2.75) is 0 Å². The van der Waals surface area contributed by atoms with Crippen molar-refractivity contribution in [3.8, 4) is 66.8 Å². The van der Waals surface area contributed by atoms with E-state index in [4.69, 9.17) is 0 Å². The smallest absolute Gasteiger partial charge is 0.0644 e. The second-order valence-electron chi connectivity index (χ2n) is 18.1. The molecule has 67 heavy (non-hydrogen) atoms. The first-order chi connectivity index (χ1) is 33.3. The molecule has 0 N–H and O–H groups in total. The van der Waals surface area contributed by atoms with Crippen LogP contribution in [0.3, 0.4) is 0 Å². The molecule has 0 atom stereocenters. The Kier molecular flexibility index (Phi) is 7.53. The van der Waals surface area contributed by atoms with E-state index in [0.717, 1.165) is 17.1 Å². The van der Waals surface area contributed by atoms with Crippen LogP contribution in [-0.2, 0) is 0 Å². The number of nitrogens with zero attached hydrogens (tertiary/aromatic N) is 2. The van der Waals surface area contributed by atoms with Crippen molar-refractivity contribution in [3.05, 3.63) is 231 Å². The van der Waals surface area contributed by atoms with Crippen LogP contribution in [0.5, 0.6) is 0 Å². The van der Waals surface area contributed by atoms with Crippen molar-refractivity contribution < 1.29 is 0 Å². The van der Waals surface area contributed by atoms with Crippen LogP contribution in [0, 0.1) is 0 Å². The number of hydrogen-bond donors (Lipinski definition) is 0. The third kappa shape index (κ3) is 5.07. The van der Waals surface area contributed by atoms with Crippen LogP contribution >= 0.6 is 0 Å². The lowest BCUT2D eigenvalue weighted by molar-refractivity contribution is 1.23. The highest BCUT2D eigenvalue weighted by atomic mass is 15.1. The summed E-state index contributed by atoms with van der Waals surface area (Å²) in [6.07, 6.45) is 3.79. The summed E-state index contributed by atoms with van der Waals surface area (Å²) in [5.41, 5.74) is 18.7. The standard InChI is InChI=1S/C65H38N2/c1-5-17-52-46(13-1)48-15-3-7-19-54(48)64-58-35-33-44(50-21-9-23-56(60(50)58)62(52)64)39-25-29-41(30-26-39)67(43-12-11-37-66-38-43)42-31-27-40(28-32-42)45-34-36-59-61-51(45)22-10-24-57(61)63-53-18-6-2-14-47(53)49-16-4-8-20-55(49)65(59)63/h1-38H. The first-order valence-corrected chi connectivity index (χ1v) is 23.2. The van der Waals surface area contributed by atoms with Crippen LogP contribution in [0.25, 0.3) is 131 Å². The number of anilines is 3. The van der Waals surface area contributed by atoms with Gasteiger partial charge in [0.2, 0.25) is 0 Å². The molecule has 0 aliphatic heterocycles. The largest absolute Gasteiger partial charge is 0.309 e. The molecule has 1 aromatic heterocycles. The van der Waals surface area contributed by atoms with Crippen molar-refractivity contribution in [1.29, 1.82) is 0 Å². The van der Waals surface area contributed by atoms with E-state index in [2.05, 4.69) is 222 Å². The van der Waals surface area contributed by atoms with Gasteiger partial charge in [-0.15, -0.1) is 0 Å². The number of rotatable bonds is 5. The van der Waals surface area contributed by atoms with E-state index in [9.17, 15) is 0 Å². The molecule has 0 unspecified atom stereocenters. The van der Waals surface area contributed by atoms with Crippen LogP contribution in [0.4, 0.5) is 17.1 Å². The molecule has 12 aromatic carbocycles. The van der Waals surface area contributed by atoms with Gasteiger partial charge in [-0.3, -0.25) is 4.98 Å². The Morgan fingerprint density at radius 2 is 0.582 bits per heavy atom. The van der Waals surface area contributed by atoms with Crippen LogP contribution in [0.15, 0.2) is 231 Å². The third-order valence-corrected chi connectivity index (χ3v) is 14.8. The van der Waals surface area contributed by atoms with Gasteiger partial charge in [-0.25, -0.2) is 0 Å². The Morgan fingerprint density at radius 3 is 0.955 bits per heavy atom. The van der Waals surface area contributed by atoms with E-state index in [1.54, 1.807) is 0 Å². The van der Waals surface area contributed by atoms with E-state index >= 15 is 0 Å². The zero-order valence-electron chi connectivity index (χ0n) is 36.3. The monoisotopic (exact) mass is 846 g/mol. The molecule has 13 aromatic rings. The highest BCUT2D eigenvalue weighted by Gasteiger charge is 2.29. The first-order valence-electron chi connectivity index (χ1n) is 23.2. The minimum atomic E-state index is 1.01. The zero-order valence-corrected chi connectivity index (χ0v) is 36.3.